The molecule has 2 atom stereocenters. The van der Waals surface area contributed by atoms with Crippen LogP contribution in [0.5, 0.6) is 0 Å². The van der Waals surface area contributed by atoms with Crippen LogP contribution in [0.25, 0.3) is 0 Å². The highest BCUT2D eigenvalue weighted by molar-refractivity contribution is 5.90. The van der Waals surface area contributed by atoms with Gasteiger partial charge in [-0.1, -0.05) is 20.8 Å². The Kier molecular flexibility index (Phi) is 4.51. The minimum absolute atomic E-state index is 0.0409. The van der Waals surface area contributed by atoms with Crippen molar-refractivity contribution in [2.45, 2.75) is 52.1 Å². The van der Waals surface area contributed by atoms with E-state index in [0.717, 1.165) is 0 Å². The molecule has 1 unspecified atom stereocenters. The average Bonchev–Trinajstić information content (AvgIpc) is 2.62. The van der Waals surface area contributed by atoms with E-state index < -0.39 is 6.04 Å². The van der Waals surface area contributed by atoms with Gasteiger partial charge in [-0.25, -0.2) is 0 Å². The van der Waals surface area contributed by atoms with Gasteiger partial charge in [-0.2, -0.15) is 0 Å². The predicted molar refractivity (Wildman–Crippen MR) is 64.3 cm³/mol. The summed E-state index contributed by atoms with van der Waals surface area (Å²) in [5.74, 6) is -0.219. The molecule has 0 aromatic heterocycles. The number of carbonyl (C=O) groups is 2. The summed E-state index contributed by atoms with van der Waals surface area (Å²) in [6.07, 6.45) is 1.49. The van der Waals surface area contributed by atoms with Gasteiger partial charge >= 0.3 is 0 Å². The summed E-state index contributed by atoms with van der Waals surface area (Å²) in [6, 6.07) is -0.497. The standard InChI is InChI=1S/C12H22N2O3/c1-12(2,3)9(6-7-15)14-11(17)8-4-5-10(16)13-8/h8-9,15H,4-7H2,1-3H3,(H,13,16)(H,14,17)/t8-,9?/m1/s1. The van der Waals surface area contributed by atoms with E-state index in [1.807, 2.05) is 20.8 Å². The Morgan fingerprint density at radius 3 is 2.65 bits per heavy atom. The lowest BCUT2D eigenvalue weighted by Crippen LogP contribution is -2.50. The summed E-state index contributed by atoms with van der Waals surface area (Å²) in [5, 5.41) is 14.5. The van der Waals surface area contributed by atoms with E-state index in [1.165, 1.54) is 0 Å². The lowest BCUT2D eigenvalue weighted by atomic mass is 9.84. The molecule has 1 aliphatic heterocycles. The molecule has 0 radical (unpaired) electrons. The fourth-order valence-electron chi connectivity index (χ4n) is 1.93. The van der Waals surface area contributed by atoms with Crippen molar-refractivity contribution in [3.05, 3.63) is 0 Å². The molecule has 0 saturated carbocycles. The lowest BCUT2D eigenvalue weighted by molar-refractivity contribution is -0.126. The van der Waals surface area contributed by atoms with E-state index >= 15 is 0 Å². The normalized spacial score (nSPS) is 22.1. The Morgan fingerprint density at radius 2 is 2.24 bits per heavy atom. The number of hydrogen-bond donors (Lipinski definition) is 3. The van der Waals surface area contributed by atoms with Crippen LogP contribution in [0.2, 0.25) is 0 Å². The first kappa shape index (κ1) is 14.0. The van der Waals surface area contributed by atoms with E-state index in [2.05, 4.69) is 10.6 Å². The van der Waals surface area contributed by atoms with Crippen LogP contribution in [0.3, 0.4) is 0 Å². The zero-order valence-corrected chi connectivity index (χ0v) is 10.7. The highest BCUT2D eigenvalue weighted by Gasteiger charge is 2.31. The van der Waals surface area contributed by atoms with Crippen molar-refractivity contribution < 1.29 is 14.7 Å². The number of rotatable bonds is 4. The van der Waals surface area contributed by atoms with Gasteiger partial charge in [0.25, 0.3) is 0 Å². The van der Waals surface area contributed by atoms with Gasteiger partial charge in [0.1, 0.15) is 6.04 Å². The van der Waals surface area contributed by atoms with Gasteiger partial charge < -0.3 is 15.7 Å². The molecule has 1 heterocycles. The van der Waals surface area contributed by atoms with Crippen LogP contribution in [0.15, 0.2) is 0 Å². The summed E-state index contributed by atoms with van der Waals surface area (Å²) in [6.45, 7) is 6.09. The van der Waals surface area contributed by atoms with Crippen molar-refractivity contribution in [1.82, 2.24) is 10.6 Å². The van der Waals surface area contributed by atoms with E-state index in [1.54, 1.807) is 0 Å². The second kappa shape index (κ2) is 5.49. The minimum atomic E-state index is -0.411. The number of aliphatic hydroxyl groups excluding tert-OH is 1. The molecule has 1 rings (SSSR count). The third-order valence-corrected chi connectivity index (χ3v) is 3.09. The first-order valence-electron chi connectivity index (χ1n) is 6.05. The van der Waals surface area contributed by atoms with Crippen molar-refractivity contribution in [2.75, 3.05) is 6.61 Å². The fraction of sp³-hybridized carbons (Fsp3) is 0.833. The zero-order valence-electron chi connectivity index (χ0n) is 10.7. The van der Waals surface area contributed by atoms with Crippen LogP contribution in [0.1, 0.15) is 40.0 Å². The Morgan fingerprint density at radius 1 is 1.59 bits per heavy atom. The van der Waals surface area contributed by atoms with Gasteiger partial charge in [0.15, 0.2) is 0 Å². The second-order valence-electron chi connectivity index (χ2n) is 5.60. The Hall–Kier alpha value is -1.10. The fourth-order valence-corrected chi connectivity index (χ4v) is 1.93. The van der Waals surface area contributed by atoms with E-state index in [4.69, 9.17) is 5.11 Å². The van der Waals surface area contributed by atoms with Crippen molar-refractivity contribution in [1.29, 1.82) is 0 Å². The number of carbonyl (C=O) groups excluding carboxylic acids is 2. The molecule has 2 amide bonds. The average molecular weight is 242 g/mol. The number of nitrogens with one attached hydrogen (secondary N) is 2. The number of aliphatic hydroxyl groups is 1. The first-order chi connectivity index (χ1) is 7.84. The van der Waals surface area contributed by atoms with Crippen molar-refractivity contribution >= 4 is 11.8 Å². The highest BCUT2D eigenvalue weighted by Crippen LogP contribution is 2.22. The largest absolute Gasteiger partial charge is 0.396 e. The summed E-state index contributed by atoms with van der Waals surface area (Å²) < 4.78 is 0. The van der Waals surface area contributed by atoms with Crippen LogP contribution in [-0.2, 0) is 9.59 Å². The molecule has 1 fully saturated rings. The molecule has 0 aromatic carbocycles. The maximum Gasteiger partial charge on any atom is 0.242 e. The molecular formula is C12H22N2O3. The smallest absolute Gasteiger partial charge is 0.242 e. The maximum absolute atomic E-state index is 11.9. The predicted octanol–water partition coefficient (Wildman–Crippen LogP) is 0.178. The third kappa shape index (κ3) is 4.00. The van der Waals surface area contributed by atoms with E-state index in [-0.39, 0.29) is 29.9 Å². The minimum Gasteiger partial charge on any atom is -0.396 e. The van der Waals surface area contributed by atoms with Crippen LogP contribution >= 0.6 is 0 Å². The van der Waals surface area contributed by atoms with Gasteiger partial charge in [0, 0.05) is 19.1 Å². The Balaban J connectivity index is 2.55. The number of hydrogen-bond acceptors (Lipinski definition) is 3. The van der Waals surface area contributed by atoms with Crippen molar-refractivity contribution in [2.24, 2.45) is 5.41 Å². The van der Waals surface area contributed by atoms with Crippen molar-refractivity contribution in [3.63, 3.8) is 0 Å². The maximum atomic E-state index is 11.9. The molecular weight excluding hydrogens is 220 g/mol. The van der Waals surface area contributed by atoms with Gasteiger partial charge in [-0.05, 0) is 18.3 Å². The van der Waals surface area contributed by atoms with Crippen LogP contribution in [-0.4, -0.2) is 35.6 Å². The van der Waals surface area contributed by atoms with Crippen LogP contribution in [0, 0.1) is 5.41 Å². The van der Waals surface area contributed by atoms with Crippen LogP contribution < -0.4 is 10.6 Å². The molecule has 0 spiro atoms. The molecule has 5 heteroatoms. The topological polar surface area (TPSA) is 78.4 Å². The van der Waals surface area contributed by atoms with Crippen molar-refractivity contribution in [3.8, 4) is 0 Å². The quantitative estimate of drug-likeness (QED) is 0.658. The molecule has 0 aliphatic carbocycles. The summed E-state index contributed by atoms with van der Waals surface area (Å²) in [7, 11) is 0. The van der Waals surface area contributed by atoms with E-state index in [0.29, 0.717) is 19.3 Å². The molecule has 0 aromatic rings. The molecule has 1 aliphatic rings. The summed E-state index contributed by atoms with van der Waals surface area (Å²) in [5.41, 5.74) is -0.110. The number of amides is 2. The van der Waals surface area contributed by atoms with E-state index in [9.17, 15) is 9.59 Å². The van der Waals surface area contributed by atoms with Gasteiger partial charge in [-0.15, -0.1) is 0 Å². The first-order valence-corrected chi connectivity index (χ1v) is 6.05. The second-order valence-corrected chi connectivity index (χ2v) is 5.60. The third-order valence-electron chi connectivity index (χ3n) is 3.09. The molecule has 3 N–H and O–H groups in total. The van der Waals surface area contributed by atoms with Gasteiger partial charge in [0.05, 0.1) is 0 Å². The lowest BCUT2D eigenvalue weighted by Gasteiger charge is -2.32. The Labute approximate surface area is 102 Å². The molecule has 98 valence electrons. The Bertz CT molecular complexity index is 297. The van der Waals surface area contributed by atoms with Gasteiger partial charge in [0.2, 0.25) is 11.8 Å². The highest BCUT2D eigenvalue weighted by atomic mass is 16.3. The molecule has 0 bridgehead atoms. The molecule has 5 nitrogen and oxygen atoms in total. The summed E-state index contributed by atoms with van der Waals surface area (Å²) >= 11 is 0. The SMILES string of the molecule is CC(C)(C)C(CCO)NC(=O)[C@H]1CCC(=O)N1. The molecule has 1 saturated heterocycles. The van der Waals surface area contributed by atoms with Gasteiger partial charge in [-0.3, -0.25) is 9.59 Å². The summed E-state index contributed by atoms with van der Waals surface area (Å²) in [4.78, 5) is 23.0. The zero-order chi connectivity index (χ0) is 13.1. The van der Waals surface area contributed by atoms with Crippen LogP contribution in [0.4, 0.5) is 0 Å². The monoisotopic (exact) mass is 242 g/mol. The molecule has 17 heavy (non-hydrogen) atoms.